The van der Waals surface area contributed by atoms with Crippen LogP contribution in [0.15, 0.2) is 239 Å². The quantitative estimate of drug-likeness (QED) is 0.152. The van der Waals surface area contributed by atoms with Gasteiger partial charge in [0.15, 0.2) is 11.2 Å². The van der Waals surface area contributed by atoms with Gasteiger partial charge in [0.1, 0.15) is 11.2 Å². The Kier molecular flexibility index (Phi) is 9.65. The number of nitrogens with zero attached hydrogens (tertiary/aromatic N) is 2. The van der Waals surface area contributed by atoms with E-state index in [2.05, 4.69) is 262 Å². The smallest absolute Gasteiger partial charge is 0.159 e. The van der Waals surface area contributed by atoms with E-state index in [9.17, 15) is 0 Å². The number of hydrogen-bond acceptors (Lipinski definition) is 4. The highest BCUT2D eigenvalue weighted by molar-refractivity contribution is 6.15. The average molecular weight is 939 g/mol. The van der Waals surface area contributed by atoms with Crippen molar-refractivity contribution in [3.05, 3.63) is 253 Å². The summed E-state index contributed by atoms with van der Waals surface area (Å²) in [5, 5.41) is 6.78. The summed E-state index contributed by atoms with van der Waals surface area (Å²) in [4.78, 5) is 4.87. The average Bonchev–Trinajstić information content (AvgIpc) is 4.08. The molecular formula is C69H50N2O2. The summed E-state index contributed by atoms with van der Waals surface area (Å²) in [6.07, 6.45) is 0. The van der Waals surface area contributed by atoms with Gasteiger partial charge in [0.2, 0.25) is 0 Å². The maximum absolute atomic E-state index is 6.87. The second-order valence-corrected chi connectivity index (χ2v) is 20.1. The number of aryl methyl sites for hydroxylation is 2. The lowest BCUT2D eigenvalue weighted by molar-refractivity contribution is 0.660. The van der Waals surface area contributed by atoms with Gasteiger partial charge in [0.25, 0.3) is 0 Å². The summed E-state index contributed by atoms with van der Waals surface area (Å²) in [7, 11) is 0. The predicted octanol–water partition coefficient (Wildman–Crippen LogP) is 19.8. The Morgan fingerprint density at radius 3 is 1.37 bits per heavy atom. The molecule has 0 aliphatic heterocycles. The van der Waals surface area contributed by atoms with E-state index in [1.165, 1.54) is 60.8 Å². The van der Waals surface area contributed by atoms with E-state index in [-0.39, 0.29) is 0 Å². The summed E-state index contributed by atoms with van der Waals surface area (Å²) in [5.41, 5.74) is 21.6. The van der Waals surface area contributed by atoms with Crippen LogP contribution in [-0.4, -0.2) is 0 Å². The minimum absolute atomic E-state index is 0.397. The first kappa shape index (κ1) is 42.7. The van der Waals surface area contributed by atoms with Crippen molar-refractivity contribution in [3.8, 4) is 33.4 Å². The highest BCUT2D eigenvalue weighted by atomic mass is 16.3. The molecule has 0 saturated carbocycles. The van der Waals surface area contributed by atoms with Gasteiger partial charge in [-0.05, 0) is 142 Å². The first-order valence-electron chi connectivity index (χ1n) is 25.2. The molecule has 2 heterocycles. The lowest BCUT2D eigenvalue weighted by atomic mass is 9.81. The zero-order valence-corrected chi connectivity index (χ0v) is 41.2. The summed E-state index contributed by atoms with van der Waals surface area (Å²) >= 11 is 0. The third-order valence-electron chi connectivity index (χ3n) is 15.5. The van der Waals surface area contributed by atoms with Crippen molar-refractivity contribution < 1.29 is 8.83 Å². The predicted molar refractivity (Wildman–Crippen MR) is 306 cm³/mol. The molecule has 0 radical (unpaired) electrons. The van der Waals surface area contributed by atoms with Gasteiger partial charge >= 0.3 is 0 Å². The number of fused-ring (bicyclic) bond motifs is 11. The molecule has 0 saturated heterocycles. The minimum Gasteiger partial charge on any atom is -0.454 e. The Morgan fingerprint density at radius 2 is 0.808 bits per heavy atom. The number of anilines is 6. The van der Waals surface area contributed by atoms with Crippen LogP contribution in [0.1, 0.15) is 36.1 Å². The highest BCUT2D eigenvalue weighted by Crippen LogP contribution is 2.57. The van der Waals surface area contributed by atoms with E-state index in [4.69, 9.17) is 8.83 Å². The molecule has 0 unspecified atom stereocenters. The van der Waals surface area contributed by atoms with Gasteiger partial charge in [-0.15, -0.1) is 0 Å². The van der Waals surface area contributed by atoms with Crippen LogP contribution in [-0.2, 0) is 5.41 Å². The molecule has 4 heteroatoms. The zero-order chi connectivity index (χ0) is 49.0. The Bertz CT molecular complexity index is 4330. The highest BCUT2D eigenvalue weighted by Gasteiger charge is 2.39. The number of para-hydroxylation sites is 4. The standard InChI is InChI=1S/C69H50N2O2/c1-43-39-47(45-19-7-5-8-20-45)33-37-59(43)70(61-29-17-27-54-51-24-13-15-31-64(51)72-67(54)61)49-35-36-56-57(41-49)69(3,4)58-42-63(50-23-11-12-26-53(50)66(56)58)71(60-38-34-48(40-44(60)2)46-21-9-6-10-22-46)62-30-18-28-55-52-25-14-16-32-65(52)73-68(55)62/h5-42H,1-4H3. The summed E-state index contributed by atoms with van der Waals surface area (Å²) in [5.74, 6) is 0. The van der Waals surface area contributed by atoms with Crippen LogP contribution in [0.25, 0.3) is 88.0 Å². The third kappa shape index (κ3) is 6.67. The van der Waals surface area contributed by atoms with Gasteiger partial charge in [-0.2, -0.15) is 0 Å². The van der Waals surface area contributed by atoms with Gasteiger partial charge in [-0.3, -0.25) is 0 Å². The van der Waals surface area contributed by atoms with E-state index in [0.717, 1.165) is 83.6 Å². The van der Waals surface area contributed by atoms with E-state index in [1.807, 2.05) is 6.07 Å². The van der Waals surface area contributed by atoms with Crippen LogP contribution < -0.4 is 9.80 Å². The fourth-order valence-electron chi connectivity index (χ4n) is 11.9. The van der Waals surface area contributed by atoms with Gasteiger partial charge in [0, 0.05) is 49.4 Å². The van der Waals surface area contributed by atoms with E-state index in [0.29, 0.717) is 0 Å². The largest absolute Gasteiger partial charge is 0.454 e. The monoisotopic (exact) mass is 938 g/mol. The molecule has 14 rings (SSSR count). The zero-order valence-electron chi connectivity index (χ0n) is 41.2. The summed E-state index contributed by atoms with van der Waals surface area (Å²) < 4.78 is 13.7. The molecule has 0 N–H and O–H groups in total. The molecule has 0 atom stereocenters. The Balaban J connectivity index is 0.977. The molecule has 0 bridgehead atoms. The SMILES string of the molecule is Cc1cc(-c2ccccc2)ccc1N(c1ccc2c(c1)C(C)(C)c1cc(N(c3ccc(-c4ccccc4)cc3C)c3cccc4c3oc3ccccc34)c3ccccc3c1-2)c1cccc2c1oc1ccccc12. The van der Waals surface area contributed by atoms with E-state index in [1.54, 1.807) is 0 Å². The van der Waals surface area contributed by atoms with Crippen molar-refractivity contribution in [2.45, 2.75) is 33.1 Å². The lowest BCUT2D eigenvalue weighted by Crippen LogP contribution is -2.18. The molecule has 1 aliphatic carbocycles. The first-order chi connectivity index (χ1) is 35.8. The topological polar surface area (TPSA) is 32.8 Å². The van der Waals surface area contributed by atoms with Crippen LogP contribution in [0.3, 0.4) is 0 Å². The molecule has 0 fully saturated rings. The van der Waals surface area contributed by atoms with Crippen LogP contribution in [0.4, 0.5) is 34.1 Å². The van der Waals surface area contributed by atoms with Crippen molar-refractivity contribution >= 4 is 88.8 Å². The normalized spacial score (nSPS) is 12.8. The maximum atomic E-state index is 6.87. The van der Waals surface area contributed by atoms with Crippen molar-refractivity contribution in [2.24, 2.45) is 0 Å². The van der Waals surface area contributed by atoms with Gasteiger partial charge in [0.05, 0.1) is 17.1 Å². The third-order valence-corrected chi connectivity index (χ3v) is 15.5. The Labute approximate surface area is 424 Å². The molecule has 348 valence electrons. The van der Waals surface area contributed by atoms with Crippen molar-refractivity contribution in [2.75, 3.05) is 9.80 Å². The number of benzene rings is 11. The molecule has 11 aromatic carbocycles. The van der Waals surface area contributed by atoms with Gasteiger partial charge in [-0.25, -0.2) is 0 Å². The molecule has 0 amide bonds. The van der Waals surface area contributed by atoms with Crippen LogP contribution in [0.5, 0.6) is 0 Å². The molecular weight excluding hydrogens is 889 g/mol. The van der Waals surface area contributed by atoms with E-state index >= 15 is 0 Å². The molecule has 13 aromatic rings. The van der Waals surface area contributed by atoms with Crippen LogP contribution in [0, 0.1) is 13.8 Å². The van der Waals surface area contributed by atoms with Crippen molar-refractivity contribution in [1.29, 1.82) is 0 Å². The molecule has 0 spiro atoms. The first-order valence-corrected chi connectivity index (χ1v) is 25.2. The second kappa shape index (κ2) is 16.5. The minimum atomic E-state index is -0.397. The molecule has 2 aromatic heterocycles. The number of rotatable bonds is 8. The number of furan rings is 2. The molecule has 4 nitrogen and oxygen atoms in total. The van der Waals surface area contributed by atoms with Gasteiger partial charge in [-0.1, -0.05) is 178 Å². The Hall–Kier alpha value is -9.12. The summed E-state index contributed by atoms with van der Waals surface area (Å²) in [6, 6.07) is 83.4. The van der Waals surface area contributed by atoms with Crippen molar-refractivity contribution in [1.82, 2.24) is 0 Å². The second-order valence-electron chi connectivity index (χ2n) is 20.1. The van der Waals surface area contributed by atoms with Gasteiger partial charge < -0.3 is 18.6 Å². The van der Waals surface area contributed by atoms with Crippen molar-refractivity contribution in [3.63, 3.8) is 0 Å². The van der Waals surface area contributed by atoms with Crippen LogP contribution in [0.2, 0.25) is 0 Å². The van der Waals surface area contributed by atoms with E-state index < -0.39 is 5.41 Å². The van der Waals surface area contributed by atoms with Crippen LogP contribution >= 0.6 is 0 Å². The summed E-state index contributed by atoms with van der Waals surface area (Å²) in [6.45, 7) is 9.25. The Morgan fingerprint density at radius 1 is 0.329 bits per heavy atom. The molecule has 1 aliphatic rings. The molecule has 73 heavy (non-hydrogen) atoms. The lowest BCUT2D eigenvalue weighted by Gasteiger charge is -2.31. The number of hydrogen-bond donors (Lipinski definition) is 0. The fourth-order valence-corrected chi connectivity index (χ4v) is 11.9. The maximum Gasteiger partial charge on any atom is 0.159 e. The fraction of sp³-hybridized carbons (Fsp3) is 0.0725.